The molecule has 0 bridgehead atoms. The number of rotatable bonds is 0. The Bertz CT molecular complexity index is 455. The van der Waals surface area contributed by atoms with Gasteiger partial charge in [-0.15, -0.1) is 0 Å². The van der Waals surface area contributed by atoms with Crippen molar-refractivity contribution in [1.82, 2.24) is 0 Å². The van der Waals surface area contributed by atoms with E-state index in [0.29, 0.717) is 0 Å². The van der Waals surface area contributed by atoms with E-state index in [9.17, 15) is 0 Å². The molecule has 3 rings (SSSR count). The zero-order valence-corrected chi connectivity index (χ0v) is 8.07. The number of allylic oxidation sites excluding steroid dienone is 9. The lowest BCUT2D eigenvalue weighted by molar-refractivity contribution is 0.836. The third-order valence-electron chi connectivity index (χ3n) is 2.95. The van der Waals surface area contributed by atoms with Crippen LogP contribution in [0.25, 0.3) is 0 Å². The molecule has 0 aromatic heterocycles. The molecule has 0 aromatic carbocycles. The minimum Gasteiger partial charge on any atom is -0.259 e. The molecule has 0 radical (unpaired) electrons. The average molecular weight is 181 g/mol. The van der Waals surface area contributed by atoms with Gasteiger partial charge < -0.3 is 0 Å². The van der Waals surface area contributed by atoms with Crippen LogP contribution in [0.5, 0.6) is 0 Å². The van der Waals surface area contributed by atoms with Crippen LogP contribution in [0.15, 0.2) is 64.9 Å². The molecular formula is C13H11N. The third-order valence-corrected chi connectivity index (χ3v) is 2.95. The number of aliphatic imine (C=N–C) groups is 1. The van der Waals surface area contributed by atoms with Gasteiger partial charge in [-0.3, -0.25) is 4.99 Å². The maximum absolute atomic E-state index is 4.45. The van der Waals surface area contributed by atoms with Crippen LogP contribution in [0.4, 0.5) is 0 Å². The molecule has 1 heteroatoms. The molecule has 0 saturated carbocycles. The van der Waals surface area contributed by atoms with Crippen LogP contribution in [-0.2, 0) is 0 Å². The van der Waals surface area contributed by atoms with E-state index in [0.717, 1.165) is 5.71 Å². The Kier molecular flexibility index (Phi) is 1.35. The first-order valence-electron chi connectivity index (χ1n) is 4.84. The SMILES string of the molecule is CC1=C[C@]23C=CC=CC2=CN=C3C=C1. The van der Waals surface area contributed by atoms with Crippen LogP contribution < -0.4 is 0 Å². The van der Waals surface area contributed by atoms with Gasteiger partial charge in [0.2, 0.25) is 0 Å². The van der Waals surface area contributed by atoms with Gasteiger partial charge in [-0.25, -0.2) is 0 Å². The summed E-state index contributed by atoms with van der Waals surface area (Å²) in [5.41, 5.74) is 3.67. The Balaban J connectivity index is 2.23. The predicted octanol–water partition coefficient (Wildman–Crippen LogP) is 2.95. The highest BCUT2D eigenvalue weighted by Crippen LogP contribution is 2.43. The summed E-state index contributed by atoms with van der Waals surface area (Å²) < 4.78 is 0. The summed E-state index contributed by atoms with van der Waals surface area (Å²) in [7, 11) is 0. The highest BCUT2D eigenvalue weighted by Gasteiger charge is 2.38. The van der Waals surface area contributed by atoms with Crippen molar-refractivity contribution in [1.29, 1.82) is 0 Å². The summed E-state index contributed by atoms with van der Waals surface area (Å²) in [6.45, 7) is 2.13. The molecular weight excluding hydrogens is 170 g/mol. The van der Waals surface area contributed by atoms with Crippen LogP contribution in [0, 0.1) is 5.41 Å². The van der Waals surface area contributed by atoms with Crippen LogP contribution >= 0.6 is 0 Å². The Morgan fingerprint density at radius 1 is 1.14 bits per heavy atom. The van der Waals surface area contributed by atoms with E-state index in [-0.39, 0.29) is 5.41 Å². The highest BCUT2D eigenvalue weighted by atomic mass is 14.8. The van der Waals surface area contributed by atoms with Crippen LogP contribution in [0.3, 0.4) is 0 Å². The van der Waals surface area contributed by atoms with Gasteiger partial charge in [-0.2, -0.15) is 0 Å². The highest BCUT2D eigenvalue weighted by molar-refractivity contribution is 6.09. The van der Waals surface area contributed by atoms with Gasteiger partial charge in [-0.05, 0) is 18.6 Å². The van der Waals surface area contributed by atoms with E-state index in [4.69, 9.17) is 0 Å². The van der Waals surface area contributed by atoms with Crippen LogP contribution in [0.1, 0.15) is 6.92 Å². The third kappa shape index (κ3) is 0.818. The fourth-order valence-corrected chi connectivity index (χ4v) is 2.23. The molecule has 0 N–H and O–H groups in total. The predicted molar refractivity (Wildman–Crippen MR) is 59.1 cm³/mol. The molecule has 0 amide bonds. The van der Waals surface area contributed by atoms with E-state index < -0.39 is 0 Å². The molecule has 1 heterocycles. The zero-order valence-electron chi connectivity index (χ0n) is 8.07. The first-order chi connectivity index (χ1) is 6.81. The summed E-state index contributed by atoms with van der Waals surface area (Å²) in [4.78, 5) is 4.45. The van der Waals surface area contributed by atoms with Gasteiger partial charge in [-0.1, -0.05) is 42.0 Å². The molecule has 3 aliphatic rings. The minimum absolute atomic E-state index is 0.0480. The van der Waals surface area contributed by atoms with Crippen molar-refractivity contribution < 1.29 is 0 Å². The zero-order chi connectivity index (χ0) is 9.60. The molecule has 0 saturated heterocycles. The molecule has 14 heavy (non-hydrogen) atoms. The van der Waals surface area contributed by atoms with Crippen molar-refractivity contribution in [2.45, 2.75) is 6.92 Å². The number of hydrogen-bond donors (Lipinski definition) is 0. The van der Waals surface area contributed by atoms with Gasteiger partial charge in [0.1, 0.15) is 0 Å². The lowest BCUT2D eigenvalue weighted by Crippen LogP contribution is -2.27. The summed E-state index contributed by atoms with van der Waals surface area (Å²) >= 11 is 0. The maximum Gasteiger partial charge on any atom is 0.0758 e. The molecule has 2 aliphatic carbocycles. The van der Waals surface area contributed by atoms with Gasteiger partial charge in [0.15, 0.2) is 0 Å². The van der Waals surface area contributed by atoms with Crippen molar-refractivity contribution in [2.75, 3.05) is 0 Å². The first-order valence-corrected chi connectivity index (χ1v) is 4.84. The van der Waals surface area contributed by atoms with E-state index in [2.05, 4.69) is 54.4 Å². The molecule has 1 aliphatic heterocycles. The van der Waals surface area contributed by atoms with Crippen LogP contribution in [-0.4, -0.2) is 5.71 Å². The average Bonchev–Trinajstić information content (AvgIpc) is 2.55. The van der Waals surface area contributed by atoms with Gasteiger partial charge in [0, 0.05) is 6.20 Å². The van der Waals surface area contributed by atoms with Crippen molar-refractivity contribution in [3.8, 4) is 0 Å². The van der Waals surface area contributed by atoms with Gasteiger partial charge in [0.05, 0.1) is 11.1 Å². The minimum atomic E-state index is -0.0480. The number of nitrogens with zero attached hydrogens (tertiary/aromatic N) is 1. The normalized spacial score (nSPS) is 31.9. The second-order valence-corrected chi connectivity index (χ2v) is 3.91. The Morgan fingerprint density at radius 3 is 3.00 bits per heavy atom. The van der Waals surface area contributed by atoms with Gasteiger partial charge in [0.25, 0.3) is 0 Å². The van der Waals surface area contributed by atoms with E-state index >= 15 is 0 Å². The molecule has 0 unspecified atom stereocenters. The van der Waals surface area contributed by atoms with E-state index in [1.54, 1.807) is 0 Å². The van der Waals surface area contributed by atoms with Crippen molar-refractivity contribution in [2.24, 2.45) is 10.4 Å². The summed E-state index contributed by atoms with van der Waals surface area (Å²) in [5, 5.41) is 0. The second kappa shape index (κ2) is 2.44. The van der Waals surface area contributed by atoms with Gasteiger partial charge >= 0.3 is 0 Å². The first kappa shape index (κ1) is 7.74. The Labute approximate surface area is 83.5 Å². The Morgan fingerprint density at radius 2 is 2.07 bits per heavy atom. The molecule has 1 nitrogen and oxygen atoms in total. The Hall–Kier alpha value is -1.63. The standard InChI is InChI=1S/C13H11N/c1-10-5-6-12-13(8-10)7-3-2-4-11(13)9-14-12/h2-9H,1H3/t13-/m1/s1. The quantitative estimate of drug-likeness (QED) is 0.545. The van der Waals surface area contributed by atoms with E-state index in [1.807, 2.05) is 6.20 Å². The lowest BCUT2D eigenvalue weighted by Gasteiger charge is -2.29. The monoisotopic (exact) mass is 181 g/mol. The summed E-state index contributed by atoms with van der Waals surface area (Å²) in [6.07, 6.45) is 17.0. The van der Waals surface area contributed by atoms with Crippen molar-refractivity contribution in [3.05, 3.63) is 59.9 Å². The van der Waals surface area contributed by atoms with Crippen molar-refractivity contribution >= 4 is 5.71 Å². The van der Waals surface area contributed by atoms with E-state index in [1.165, 1.54) is 11.1 Å². The second-order valence-electron chi connectivity index (χ2n) is 3.91. The van der Waals surface area contributed by atoms with Crippen molar-refractivity contribution in [3.63, 3.8) is 0 Å². The van der Waals surface area contributed by atoms with Crippen LogP contribution in [0.2, 0.25) is 0 Å². The molecule has 68 valence electrons. The summed E-state index contributed by atoms with van der Waals surface area (Å²) in [5.74, 6) is 0. The molecule has 1 atom stereocenters. The largest absolute Gasteiger partial charge is 0.259 e. The lowest BCUT2D eigenvalue weighted by atomic mass is 9.72. The number of hydrogen-bond acceptors (Lipinski definition) is 1. The molecule has 1 spiro atoms. The topological polar surface area (TPSA) is 12.4 Å². The molecule has 0 fully saturated rings. The fraction of sp³-hybridized carbons (Fsp3) is 0.154. The maximum atomic E-state index is 4.45. The summed E-state index contributed by atoms with van der Waals surface area (Å²) in [6, 6.07) is 0. The fourth-order valence-electron chi connectivity index (χ4n) is 2.23. The smallest absolute Gasteiger partial charge is 0.0758 e. The molecule has 0 aromatic rings.